The molecule has 108 valence electrons. The molecule has 0 spiro atoms. The minimum Gasteiger partial charge on any atom is -0.381 e. The Labute approximate surface area is 115 Å². The van der Waals surface area contributed by atoms with Gasteiger partial charge in [-0.25, -0.2) is 0 Å². The minimum atomic E-state index is -0.351. The SMILES string of the molecule is CCN(C)CCCCNc1c(C(C)(C)C)c(=O)c1=O. The second-order valence-electron chi connectivity index (χ2n) is 6.19. The van der Waals surface area contributed by atoms with Crippen LogP contribution >= 0.6 is 0 Å². The summed E-state index contributed by atoms with van der Waals surface area (Å²) in [5.41, 5.74) is 0.274. The van der Waals surface area contributed by atoms with Crippen molar-refractivity contribution in [2.24, 2.45) is 0 Å². The van der Waals surface area contributed by atoms with E-state index < -0.39 is 0 Å². The summed E-state index contributed by atoms with van der Waals surface area (Å²) in [7, 11) is 2.10. The van der Waals surface area contributed by atoms with Crippen LogP contribution in [0.25, 0.3) is 0 Å². The van der Waals surface area contributed by atoms with E-state index >= 15 is 0 Å². The van der Waals surface area contributed by atoms with E-state index in [1.165, 1.54) is 0 Å². The Hall–Kier alpha value is -1.16. The molecule has 0 saturated carbocycles. The van der Waals surface area contributed by atoms with Crippen LogP contribution in [0, 0.1) is 0 Å². The molecule has 0 heterocycles. The molecule has 19 heavy (non-hydrogen) atoms. The molecule has 1 aromatic carbocycles. The fraction of sp³-hybridized carbons (Fsp3) is 0.733. The van der Waals surface area contributed by atoms with Crippen LogP contribution in [0.2, 0.25) is 0 Å². The van der Waals surface area contributed by atoms with E-state index in [0.717, 1.165) is 32.5 Å². The topological polar surface area (TPSA) is 49.4 Å². The molecule has 0 aromatic heterocycles. The zero-order valence-corrected chi connectivity index (χ0v) is 12.8. The van der Waals surface area contributed by atoms with Gasteiger partial charge in [0.25, 0.3) is 0 Å². The average Bonchev–Trinajstić information content (AvgIpc) is 2.34. The molecular weight excluding hydrogens is 240 g/mol. The van der Waals surface area contributed by atoms with Gasteiger partial charge in [0.2, 0.25) is 10.9 Å². The van der Waals surface area contributed by atoms with Crippen molar-refractivity contribution in [1.29, 1.82) is 0 Å². The molecule has 0 saturated heterocycles. The van der Waals surface area contributed by atoms with E-state index in [2.05, 4.69) is 24.2 Å². The molecule has 1 rings (SSSR count). The monoisotopic (exact) mass is 266 g/mol. The molecule has 1 aromatic rings. The van der Waals surface area contributed by atoms with Crippen molar-refractivity contribution in [1.82, 2.24) is 4.90 Å². The minimum absolute atomic E-state index is 0.254. The van der Waals surface area contributed by atoms with E-state index in [9.17, 15) is 9.59 Å². The molecule has 1 N–H and O–H groups in total. The Bertz CT molecular complexity index is 479. The maximum Gasteiger partial charge on any atom is 0.249 e. The predicted octanol–water partition coefficient (Wildman–Crippen LogP) is 1.72. The van der Waals surface area contributed by atoms with Gasteiger partial charge in [-0.2, -0.15) is 0 Å². The highest BCUT2D eigenvalue weighted by atomic mass is 16.2. The van der Waals surface area contributed by atoms with Gasteiger partial charge < -0.3 is 10.2 Å². The zero-order chi connectivity index (χ0) is 14.6. The van der Waals surface area contributed by atoms with Crippen LogP contribution in [-0.4, -0.2) is 31.6 Å². The van der Waals surface area contributed by atoms with Gasteiger partial charge in [-0.15, -0.1) is 0 Å². The zero-order valence-electron chi connectivity index (χ0n) is 12.8. The summed E-state index contributed by atoms with van der Waals surface area (Å²) in [6.07, 6.45) is 2.10. The van der Waals surface area contributed by atoms with E-state index in [1.807, 2.05) is 20.8 Å². The molecule has 0 bridgehead atoms. The van der Waals surface area contributed by atoms with Gasteiger partial charge >= 0.3 is 0 Å². The number of anilines is 1. The summed E-state index contributed by atoms with van der Waals surface area (Å²) in [4.78, 5) is 25.4. The van der Waals surface area contributed by atoms with E-state index in [1.54, 1.807) is 0 Å². The van der Waals surface area contributed by atoms with Crippen molar-refractivity contribution >= 4 is 5.69 Å². The third-order valence-electron chi connectivity index (χ3n) is 3.47. The molecule has 4 heteroatoms. The second-order valence-corrected chi connectivity index (χ2v) is 6.19. The molecule has 0 aliphatic heterocycles. The van der Waals surface area contributed by atoms with Crippen LogP contribution in [0.5, 0.6) is 0 Å². The van der Waals surface area contributed by atoms with Crippen LogP contribution < -0.4 is 16.2 Å². The van der Waals surface area contributed by atoms with Gasteiger partial charge in [-0.05, 0) is 38.4 Å². The summed E-state index contributed by atoms with van der Waals surface area (Å²) < 4.78 is 0. The van der Waals surface area contributed by atoms with Crippen LogP contribution in [0.15, 0.2) is 9.59 Å². The summed E-state index contributed by atoms with van der Waals surface area (Å²) in [5.74, 6) is 0. The summed E-state index contributed by atoms with van der Waals surface area (Å²) in [6, 6.07) is 0. The van der Waals surface area contributed by atoms with Gasteiger partial charge in [0.15, 0.2) is 0 Å². The number of hydrogen-bond donors (Lipinski definition) is 1. The van der Waals surface area contributed by atoms with Crippen molar-refractivity contribution in [2.45, 2.75) is 46.0 Å². The van der Waals surface area contributed by atoms with Crippen LogP contribution in [0.1, 0.15) is 46.1 Å². The lowest BCUT2D eigenvalue weighted by molar-refractivity contribution is 0.345. The largest absolute Gasteiger partial charge is 0.381 e. The first-order chi connectivity index (χ1) is 8.79. The highest BCUT2D eigenvalue weighted by Crippen LogP contribution is 2.25. The third kappa shape index (κ3) is 3.90. The van der Waals surface area contributed by atoms with Crippen LogP contribution in [0.3, 0.4) is 0 Å². The fourth-order valence-electron chi connectivity index (χ4n) is 2.15. The van der Waals surface area contributed by atoms with E-state index in [0.29, 0.717) is 11.3 Å². The van der Waals surface area contributed by atoms with Gasteiger partial charge in [-0.3, -0.25) is 9.59 Å². The fourth-order valence-corrected chi connectivity index (χ4v) is 2.15. The first kappa shape index (κ1) is 15.9. The maximum absolute atomic E-state index is 11.6. The Kier molecular flexibility index (Phi) is 5.29. The van der Waals surface area contributed by atoms with E-state index in [4.69, 9.17) is 0 Å². The molecule has 0 amide bonds. The molecule has 0 fully saturated rings. The normalized spacial score (nSPS) is 12.3. The number of hydrogen-bond acceptors (Lipinski definition) is 4. The van der Waals surface area contributed by atoms with Crippen molar-refractivity contribution in [3.05, 3.63) is 26.0 Å². The van der Waals surface area contributed by atoms with Crippen molar-refractivity contribution < 1.29 is 0 Å². The maximum atomic E-state index is 11.6. The van der Waals surface area contributed by atoms with Crippen molar-refractivity contribution in [2.75, 3.05) is 32.0 Å². The Morgan fingerprint density at radius 3 is 2.26 bits per heavy atom. The Morgan fingerprint density at radius 2 is 1.74 bits per heavy atom. The van der Waals surface area contributed by atoms with Gasteiger partial charge in [0, 0.05) is 12.1 Å². The van der Waals surface area contributed by atoms with Gasteiger partial charge in [0.05, 0.1) is 5.69 Å². The lowest BCUT2D eigenvalue weighted by Gasteiger charge is -2.24. The van der Waals surface area contributed by atoms with Gasteiger partial charge in [0.1, 0.15) is 0 Å². The number of rotatable bonds is 7. The second kappa shape index (κ2) is 6.33. The number of nitrogens with zero attached hydrogens (tertiary/aromatic N) is 1. The molecule has 0 radical (unpaired) electrons. The Balaban J connectivity index is 2.45. The third-order valence-corrected chi connectivity index (χ3v) is 3.47. The predicted molar refractivity (Wildman–Crippen MR) is 80.9 cm³/mol. The quantitative estimate of drug-likeness (QED) is 0.603. The highest BCUT2D eigenvalue weighted by molar-refractivity contribution is 5.59. The Morgan fingerprint density at radius 1 is 1.11 bits per heavy atom. The molecule has 0 aliphatic rings. The molecule has 0 unspecified atom stereocenters. The molecule has 0 aliphatic carbocycles. The molecule has 0 atom stereocenters. The average molecular weight is 266 g/mol. The number of nitrogens with one attached hydrogen (secondary N) is 1. The molecular formula is C15H26N2O2. The van der Waals surface area contributed by atoms with Crippen molar-refractivity contribution in [3.8, 4) is 0 Å². The number of unbranched alkanes of at least 4 members (excludes halogenated alkanes) is 1. The first-order valence-corrected chi connectivity index (χ1v) is 7.05. The summed E-state index contributed by atoms with van der Waals surface area (Å²) >= 11 is 0. The van der Waals surface area contributed by atoms with Gasteiger partial charge in [-0.1, -0.05) is 27.7 Å². The summed E-state index contributed by atoms with van der Waals surface area (Å²) in [6.45, 7) is 10.9. The highest BCUT2D eigenvalue weighted by Gasteiger charge is 2.29. The lowest BCUT2D eigenvalue weighted by Crippen LogP contribution is -2.43. The first-order valence-electron chi connectivity index (χ1n) is 7.05. The molecule has 4 nitrogen and oxygen atoms in total. The van der Waals surface area contributed by atoms with Crippen molar-refractivity contribution in [3.63, 3.8) is 0 Å². The van der Waals surface area contributed by atoms with Crippen LogP contribution in [-0.2, 0) is 5.41 Å². The smallest absolute Gasteiger partial charge is 0.249 e. The lowest BCUT2D eigenvalue weighted by atomic mass is 9.82. The standard InChI is InChI=1S/C15H26N2O2/c1-6-17(5)10-8-7-9-16-12-11(15(2,3)4)13(18)14(12)19/h16H,6-10H2,1-5H3. The van der Waals surface area contributed by atoms with Crippen LogP contribution in [0.4, 0.5) is 5.69 Å². The summed E-state index contributed by atoms with van der Waals surface area (Å²) in [5, 5.41) is 3.14. The van der Waals surface area contributed by atoms with E-state index in [-0.39, 0.29) is 16.3 Å².